The maximum atomic E-state index is 10.7. The normalized spacial score (nSPS) is 11.7. The molecule has 0 aliphatic rings. The van der Waals surface area contributed by atoms with E-state index in [-0.39, 0.29) is 0 Å². The molecule has 0 heterocycles. The molecule has 0 aliphatic heterocycles. The minimum Gasteiger partial charge on any atom is -0.479 e. The third-order valence-corrected chi connectivity index (χ3v) is 2.86. The van der Waals surface area contributed by atoms with Gasteiger partial charge in [0.2, 0.25) is 0 Å². The summed E-state index contributed by atoms with van der Waals surface area (Å²) in [4.78, 5) is 10.7. The molecule has 0 saturated carbocycles. The zero-order valence-electron chi connectivity index (χ0n) is 10.7. The Morgan fingerprint density at radius 2 is 1.70 bits per heavy atom. The van der Waals surface area contributed by atoms with Crippen LogP contribution in [-0.2, 0) is 4.79 Å². The molecule has 5 heteroatoms. The number of para-hydroxylation sites is 1. The maximum absolute atomic E-state index is 10.7. The number of aliphatic carboxylic acids is 1. The van der Waals surface area contributed by atoms with Crippen molar-refractivity contribution < 1.29 is 19.4 Å². The predicted molar refractivity (Wildman–Crippen MR) is 75.7 cm³/mol. The third-order valence-electron chi connectivity index (χ3n) is 2.55. The molecule has 1 atom stereocenters. The Morgan fingerprint density at radius 1 is 1.10 bits per heavy atom. The minimum absolute atomic E-state index is 0.464. The van der Waals surface area contributed by atoms with Gasteiger partial charge in [0, 0.05) is 0 Å². The fraction of sp³-hybridized carbons (Fsp3) is 0.133. The number of ether oxygens (including phenoxy) is 2. The summed E-state index contributed by atoms with van der Waals surface area (Å²) in [6.07, 6.45) is -0.898. The van der Waals surface area contributed by atoms with Gasteiger partial charge in [0.1, 0.15) is 17.2 Å². The summed E-state index contributed by atoms with van der Waals surface area (Å²) >= 11 is 5.99. The molecule has 0 aromatic heterocycles. The highest BCUT2D eigenvalue weighted by Gasteiger charge is 2.12. The van der Waals surface area contributed by atoms with Crippen molar-refractivity contribution >= 4 is 17.6 Å². The first-order valence-electron chi connectivity index (χ1n) is 5.98. The lowest BCUT2D eigenvalue weighted by atomic mass is 10.3. The highest BCUT2D eigenvalue weighted by atomic mass is 35.5. The molecule has 0 aliphatic carbocycles. The second kappa shape index (κ2) is 6.30. The lowest BCUT2D eigenvalue weighted by Gasteiger charge is -2.11. The van der Waals surface area contributed by atoms with Gasteiger partial charge < -0.3 is 14.6 Å². The van der Waals surface area contributed by atoms with Gasteiger partial charge in [-0.1, -0.05) is 23.7 Å². The van der Waals surface area contributed by atoms with Crippen LogP contribution in [0.4, 0.5) is 0 Å². The molecule has 0 radical (unpaired) electrons. The number of hydrogen-bond acceptors (Lipinski definition) is 3. The lowest BCUT2D eigenvalue weighted by Crippen LogP contribution is -2.22. The van der Waals surface area contributed by atoms with Crippen molar-refractivity contribution in [1.29, 1.82) is 0 Å². The van der Waals surface area contributed by atoms with Crippen LogP contribution in [0, 0.1) is 0 Å². The van der Waals surface area contributed by atoms with Crippen LogP contribution in [0.2, 0.25) is 5.02 Å². The Bertz CT molecular complexity index is 595. The van der Waals surface area contributed by atoms with Crippen LogP contribution in [-0.4, -0.2) is 17.2 Å². The number of benzene rings is 2. The van der Waals surface area contributed by atoms with Gasteiger partial charge in [-0.05, 0) is 43.3 Å². The van der Waals surface area contributed by atoms with E-state index in [2.05, 4.69) is 0 Å². The van der Waals surface area contributed by atoms with E-state index in [0.717, 1.165) is 0 Å². The molecule has 104 valence electrons. The summed E-state index contributed by atoms with van der Waals surface area (Å²) in [5.74, 6) is 0.600. The van der Waals surface area contributed by atoms with Gasteiger partial charge >= 0.3 is 5.97 Å². The molecule has 0 saturated heterocycles. The van der Waals surface area contributed by atoms with Crippen LogP contribution in [0.25, 0.3) is 0 Å². The zero-order valence-corrected chi connectivity index (χ0v) is 11.5. The van der Waals surface area contributed by atoms with Crippen molar-refractivity contribution in [3.63, 3.8) is 0 Å². The zero-order chi connectivity index (χ0) is 14.5. The van der Waals surface area contributed by atoms with Gasteiger partial charge in [-0.2, -0.15) is 0 Å². The maximum Gasteiger partial charge on any atom is 0.344 e. The Labute approximate surface area is 121 Å². The first-order chi connectivity index (χ1) is 9.56. The van der Waals surface area contributed by atoms with Crippen molar-refractivity contribution in [3.05, 3.63) is 53.6 Å². The van der Waals surface area contributed by atoms with Crippen molar-refractivity contribution in [2.24, 2.45) is 0 Å². The fourth-order valence-electron chi connectivity index (χ4n) is 1.50. The highest BCUT2D eigenvalue weighted by molar-refractivity contribution is 6.32. The topological polar surface area (TPSA) is 55.8 Å². The minimum atomic E-state index is -1.01. The van der Waals surface area contributed by atoms with Gasteiger partial charge in [0.05, 0.1) is 5.02 Å². The van der Waals surface area contributed by atoms with E-state index in [1.807, 2.05) is 12.1 Å². The van der Waals surface area contributed by atoms with E-state index in [0.29, 0.717) is 22.3 Å². The van der Waals surface area contributed by atoms with E-state index in [4.69, 9.17) is 26.2 Å². The Hall–Kier alpha value is -2.20. The molecule has 20 heavy (non-hydrogen) atoms. The van der Waals surface area contributed by atoms with Gasteiger partial charge in [0.15, 0.2) is 6.10 Å². The molecular weight excluding hydrogens is 280 g/mol. The molecule has 0 unspecified atom stereocenters. The first kappa shape index (κ1) is 14.2. The van der Waals surface area contributed by atoms with Crippen LogP contribution in [0.15, 0.2) is 48.5 Å². The summed E-state index contributed by atoms with van der Waals surface area (Å²) in [7, 11) is 0. The Kier molecular flexibility index (Phi) is 4.48. The molecule has 0 amide bonds. The number of carboxylic acids is 1. The molecule has 2 rings (SSSR count). The van der Waals surface area contributed by atoms with E-state index in [1.165, 1.54) is 6.92 Å². The molecule has 0 fully saturated rings. The molecule has 1 N–H and O–H groups in total. The second-order valence-corrected chi connectivity index (χ2v) is 4.51. The molecule has 2 aromatic carbocycles. The van der Waals surface area contributed by atoms with E-state index >= 15 is 0 Å². The van der Waals surface area contributed by atoms with Gasteiger partial charge in [0.25, 0.3) is 0 Å². The number of hydrogen-bond donors (Lipinski definition) is 1. The largest absolute Gasteiger partial charge is 0.479 e. The first-order valence-corrected chi connectivity index (χ1v) is 6.36. The van der Waals surface area contributed by atoms with Gasteiger partial charge in [-0.25, -0.2) is 4.79 Å². The standard InChI is InChI=1S/C15H13ClO4/c1-10(15(17)18)19-11-6-8-12(9-7-11)20-14-5-3-2-4-13(14)16/h2-10H,1H3,(H,17,18)/t10-/m0/s1. The van der Waals surface area contributed by atoms with Crippen LogP contribution in [0.3, 0.4) is 0 Å². The van der Waals surface area contributed by atoms with Gasteiger partial charge in [-0.15, -0.1) is 0 Å². The molecule has 0 spiro atoms. The predicted octanol–water partition coefficient (Wildman–Crippen LogP) is 3.98. The summed E-state index contributed by atoms with van der Waals surface area (Å²) in [6.45, 7) is 1.47. The molecule has 4 nitrogen and oxygen atoms in total. The monoisotopic (exact) mass is 292 g/mol. The molecule has 0 bridgehead atoms. The average molecular weight is 293 g/mol. The van der Waals surface area contributed by atoms with Crippen LogP contribution >= 0.6 is 11.6 Å². The highest BCUT2D eigenvalue weighted by Crippen LogP contribution is 2.29. The number of carboxylic acid groups (broad SMARTS) is 1. The van der Waals surface area contributed by atoms with Crippen molar-refractivity contribution in [2.45, 2.75) is 13.0 Å². The number of carbonyl (C=O) groups is 1. The number of rotatable bonds is 5. The quantitative estimate of drug-likeness (QED) is 0.905. The van der Waals surface area contributed by atoms with Gasteiger partial charge in [-0.3, -0.25) is 0 Å². The lowest BCUT2D eigenvalue weighted by molar-refractivity contribution is -0.144. The van der Waals surface area contributed by atoms with Crippen LogP contribution in [0.5, 0.6) is 17.2 Å². The molecule has 2 aromatic rings. The van der Waals surface area contributed by atoms with Crippen molar-refractivity contribution in [3.8, 4) is 17.2 Å². The summed E-state index contributed by atoms with van der Waals surface area (Å²) in [5, 5.41) is 9.28. The summed E-state index contributed by atoms with van der Waals surface area (Å²) in [6, 6.07) is 13.8. The Balaban J connectivity index is 2.05. The Morgan fingerprint density at radius 3 is 2.30 bits per heavy atom. The van der Waals surface area contributed by atoms with E-state index < -0.39 is 12.1 Å². The van der Waals surface area contributed by atoms with Crippen LogP contribution < -0.4 is 9.47 Å². The molecular formula is C15H13ClO4. The SMILES string of the molecule is C[C@H](Oc1ccc(Oc2ccccc2Cl)cc1)C(=O)O. The van der Waals surface area contributed by atoms with E-state index in [1.54, 1.807) is 36.4 Å². The average Bonchev–Trinajstić information content (AvgIpc) is 2.43. The van der Waals surface area contributed by atoms with Crippen molar-refractivity contribution in [2.75, 3.05) is 0 Å². The van der Waals surface area contributed by atoms with Crippen molar-refractivity contribution in [1.82, 2.24) is 0 Å². The fourth-order valence-corrected chi connectivity index (χ4v) is 1.67. The third kappa shape index (κ3) is 3.65. The second-order valence-electron chi connectivity index (χ2n) is 4.10. The smallest absolute Gasteiger partial charge is 0.344 e. The number of halogens is 1. The van der Waals surface area contributed by atoms with Crippen LogP contribution in [0.1, 0.15) is 6.92 Å². The van der Waals surface area contributed by atoms with E-state index in [9.17, 15) is 4.79 Å². The summed E-state index contributed by atoms with van der Waals surface area (Å²) < 4.78 is 10.8. The summed E-state index contributed by atoms with van der Waals surface area (Å²) in [5.41, 5.74) is 0.